The summed E-state index contributed by atoms with van der Waals surface area (Å²) in [6.45, 7) is 22.5. The molecule has 1 heterocycles. The molecule has 1 aliphatic heterocycles. The average Bonchev–Trinajstić information content (AvgIpc) is 2.43. The summed E-state index contributed by atoms with van der Waals surface area (Å²) in [6, 6.07) is 4.42. The first-order chi connectivity index (χ1) is 11.9. The summed E-state index contributed by atoms with van der Waals surface area (Å²) >= 11 is 0. The quantitative estimate of drug-likeness (QED) is 0.646. The summed E-state index contributed by atoms with van der Waals surface area (Å²) < 4.78 is 0. The number of phenolic OH excluding ortho intramolecular Hbond substituents is 1. The van der Waals surface area contributed by atoms with Crippen LogP contribution < -0.4 is 0 Å². The SMILES string of the molecule is CN1C(C)(C)CC([CH]c2cc(C(C)(C)C)c(O)c(C(C)(C)C)c2)CC1(C)C. The van der Waals surface area contributed by atoms with Gasteiger partial charge in [0, 0.05) is 11.1 Å². The average molecular weight is 373 g/mol. The Hall–Kier alpha value is -1.02. The zero-order valence-electron chi connectivity index (χ0n) is 19.6. The molecular formula is C25H42NO. The number of hydrogen-bond acceptors (Lipinski definition) is 2. The molecule has 153 valence electrons. The Morgan fingerprint density at radius 2 is 1.26 bits per heavy atom. The second-order valence-corrected chi connectivity index (χ2v) is 12.0. The highest BCUT2D eigenvalue weighted by atomic mass is 16.3. The fourth-order valence-corrected chi connectivity index (χ4v) is 4.74. The minimum absolute atomic E-state index is 0.0841. The van der Waals surface area contributed by atoms with Gasteiger partial charge in [0.15, 0.2) is 0 Å². The molecule has 0 amide bonds. The van der Waals surface area contributed by atoms with Crippen LogP contribution in [0, 0.1) is 12.3 Å². The van der Waals surface area contributed by atoms with E-state index in [1.807, 2.05) is 0 Å². The number of likely N-dealkylation sites (tertiary alicyclic amines) is 1. The number of benzene rings is 1. The summed E-state index contributed by atoms with van der Waals surface area (Å²) in [5.41, 5.74) is 3.54. The molecule has 1 saturated heterocycles. The molecule has 2 heteroatoms. The minimum atomic E-state index is -0.0841. The summed E-state index contributed by atoms with van der Waals surface area (Å²) in [4.78, 5) is 2.53. The van der Waals surface area contributed by atoms with Gasteiger partial charge in [0.2, 0.25) is 0 Å². The van der Waals surface area contributed by atoms with E-state index >= 15 is 0 Å². The lowest BCUT2D eigenvalue weighted by Gasteiger charge is -2.53. The van der Waals surface area contributed by atoms with Gasteiger partial charge in [0.05, 0.1) is 0 Å². The fourth-order valence-electron chi connectivity index (χ4n) is 4.74. The summed E-state index contributed by atoms with van der Waals surface area (Å²) in [6.07, 6.45) is 4.77. The lowest BCUT2D eigenvalue weighted by atomic mass is 9.71. The smallest absolute Gasteiger partial charge is 0.123 e. The third kappa shape index (κ3) is 4.70. The predicted molar refractivity (Wildman–Crippen MR) is 118 cm³/mol. The summed E-state index contributed by atoms with van der Waals surface area (Å²) in [7, 11) is 2.26. The van der Waals surface area contributed by atoms with Gasteiger partial charge >= 0.3 is 0 Å². The molecule has 1 N–H and O–H groups in total. The first-order valence-corrected chi connectivity index (χ1v) is 10.4. The maximum Gasteiger partial charge on any atom is 0.123 e. The molecular weight excluding hydrogens is 330 g/mol. The predicted octanol–water partition coefficient (Wildman–Crippen LogP) is 6.44. The third-order valence-electron chi connectivity index (χ3n) is 6.52. The van der Waals surface area contributed by atoms with E-state index in [4.69, 9.17) is 0 Å². The largest absolute Gasteiger partial charge is 0.507 e. The maximum absolute atomic E-state index is 11.0. The highest BCUT2D eigenvalue weighted by Crippen LogP contribution is 2.44. The van der Waals surface area contributed by atoms with Crippen LogP contribution >= 0.6 is 0 Å². The molecule has 0 bridgehead atoms. The molecule has 2 rings (SSSR count). The number of piperidine rings is 1. The second kappa shape index (κ2) is 6.79. The molecule has 0 atom stereocenters. The number of aromatic hydroxyl groups is 1. The van der Waals surface area contributed by atoms with E-state index in [0.717, 1.165) is 24.0 Å². The molecule has 0 aliphatic carbocycles. The Bertz CT molecular complexity index is 632. The van der Waals surface area contributed by atoms with Crippen LogP contribution in [-0.2, 0) is 10.8 Å². The molecule has 27 heavy (non-hydrogen) atoms. The van der Waals surface area contributed by atoms with Gasteiger partial charge in [0.25, 0.3) is 0 Å². The Labute approximate surface area is 168 Å². The minimum Gasteiger partial charge on any atom is -0.507 e. The van der Waals surface area contributed by atoms with Gasteiger partial charge in [-0.15, -0.1) is 0 Å². The van der Waals surface area contributed by atoms with Crippen molar-refractivity contribution in [1.29, 1.82) is 0 Å². The van der Waals surface area contributed by atoms with E-state index in [1.54, 1.807) is 0 Å². The van der Waals surface area contributed by atoms with Crippen LogP contribution in [0.4, 0.5) is 0 Å². The van der Waals surface area contributed by atoms with E-state index < -0.39 is 0 Å². The Balaban J connectivity index is 2.45. The highest BCUT2D eigenvalue weighted by molar-refractivity contribution is 5.51. The van der Waals surface area contributed by atoms with E-state index in [0.29, 0.717) is 11.7 Å². The second-order valence-electron chi connectivity index (χ2n) is 12.0. The van der Waals surface area contributed by atoms with Crippen molar-refractivity contribution in [2.24, 2.45) is 5.92 Å². The molecule has 2 nitrogen and oxygen atoms in total. The van der Waals surface area contributed by atoms with Crippen molar-refractivity contribution in [3.8, 4) is 5.75 Å². The summed E-state index contributed by atoms with van der Waals surface area (Å²) in [5, 5.41) is 11.0. The van der Waals surface area contributed by atoms with Crippen LogP contribution in [0.3, 0.4) is 0 Å². The number of hydrogen-bond donors (Lipinski definition) is 1. The molecule has 1 radical (unpaired) electrons. The van der Waals surface area contributed by atoms with Gasteiger partial charge in [-0.05, 0) is 87.4 Å². The van der Waals surface area contributed by atoms with Crippen molar-refractivity contribution < 1.29 is 5.11 Å². The maximum atomic E-state index is 11.0. The van der Waals surface area contributed by atoms with Crippen molar-refractivity contribution >= 4 is 0 Å². The molecule has 0 spiro atoms. The van der Waals surface area contributed by atoms with Crippen LogP contribution in [0.25, 0.3) is 0 Å². The van der Waals surface area contributed by atoms with E-state index in [2.05, 4.69) is 99.7 Å². The first kappa shape index (κ1) is 22.3. The molecule has 0 unspecified atom stereocenters. The van der Waals surface area contributed by atoms with Crippen molar-refractivity contribution in [2.45, 2.75) is 104 Å². The van der Waals surface area contributed by atoms with Gasteiger partial charge in [-0.25, -0.2) is 0 Å². The summed E-state index contributed by atoms with van der Waals surface area (Å²) in [5.74, 6) is 1.01. The van der Waals surface area contributed by atoms with Crippen molar-refractivity contribution in [3.05, 3.63) is 35.2 Å². The van der Waals surface area contributed by atoms with Crippen LogP contribution in [-0.4, -0.2) is 28.1 Å². The van der Waals surface area contributed by atoms with E-state index in [1.165, 1.54) is 5.56 Å². The van der Waals surface area contributed by atoms with Crippen molar-refractivity contribution in [3.63, 3.8) is 0 Å². The van der Waals surface area contributed by atoms with Gasteiger partial charge in [0.1, 0.15) is 5.75 Å². The van der Waals surface area contributed by atoms with Crippen LogP contribution in [0.5, 0.6) is 5.75 Å². The lowest BCUT2D eigenvalue weighted by molar-refractivity contribution is -0.0220. The molecule has 1 aliphatic rings. The van der Waals surface area contributed by atoms with Crippen LogP contribution in [0.15, 0.2) is 12.1 Å². The Morgan fingerprint density at radius 1 is 0.889 bits per heavy atom. The van der Waals surface area contributed by atoms with Crippen LogP contribution in [0.2, 0.25) is 0 Å². The Morgan fingerprint density at radius 3 is 1.59 bits per heavy atom. The molecule has 0 aromatic heterocycles. The molecule has 1 aromatic carbocycles. The van der Waals surface area contributed by atoms with E-state index in [-0.39, 0.29) is 21.9 Å². The molecule has 0 saturated carbocycles. The Kier molecular flexibility index (Phi) is 5.60. The molecule has 1 fully saturated rings. The monoisotopic (exact) mass is 372 g/mol. The normalized spacial score (nSPS) is 21.4. The van der Waals surface area contributed by atoms with Crippen molar-refractivity contribution in [2.75, 3.05) is 7.05 Å². The third-order valence-corrected chi connectivity index (χ3v) is 6.52. The van der Waals surface area contributed by atoms with Gasteiger partial charge in [-0.3, -0.25) is 4.90 Å². The topological polar surface area (TPSA) is 23.5 Å². The van der Waals surface area contributed by atoms with Gasteiger partial charge < -0.3 is 5.11 Å². The number of rotatable bonds is 2. The van der Waals surface area contributed by atoms with Gasteiger partial charge in [-0.2, -0.15) is 0 Å². The zero-order chi connectivity index (χ0) is 21.0. The molecule has 1 aromatic rings. The zero-order valence-corrected chi connectivity index (χ0v) is 19.6. The lowest BCUT2D eigenvalue weighted by Crippen LogP contribution is -2.58. The van der Waals surface area contributed by atoms with Crippen molar-refractivity contribution in [1.82, 2.24) is 4.90 Å². The van der Waals surface area contributed by atoms with Crippen LogP contribution in [0.1, 0.15) is 98.8 Å². The van der Waals surface area contributed by atoms with Gasteiger partial charge in [-0.1, -0.05) is 53.7 Å². The first-order valence-electron chi connectivity index (χ1n) is 10.4. The fraction of sp³-hybridized carbons (Fsp3) is 0.720. The standard InChI is InChI=1S/C25H42NO/c1-22(2,3)19-13-17(14-20(21(19)27)23(4,5)6)12-18-15-24(7,8)26(11)25(9,10)16-18/h12-14,18,27H,15-16H2,1-11H3. The highest BCUT2D eigenvalue weighted by Gasteiger charge is 2.43. The number of phenols is 1. The number of nitrogens with zero attached hydrogens (tertiary/aromatic N) is 1. The van der Waals surface area contributed by atoms with E-state index in [9.17, 15) is 5.11 Å².